The van der Waals surface area contributed by atoms with Crippen LogP contribution in [0.1, 0.15) is 18.9 Å². The first-order chi connectivity index (χ1) is 9.24. The Balaban J connectivity index is 2.33. The highest BCUT2D eigenvalue weighted by Gasteiger charge is 2.08. The quantitative estimate of drug-likeness (QED) is 0.849. The normalized spacial score (nSPS) is 11.7. The van der Waals surface area contributed by atoms with Gasteiger partial charge in [0.25, 0.3) is 0 Å². The maximum atomic E-state index is 9.99. The summed E-state index contributed by atoms with van der Waals surface area (Å²) in [5.74, 6) is 6.56. The fraction of sp³-hybridized carbons (Fsp3) is 0.294. The fourth-order valence-corrected chi connectivity index (χ4v) is 2.17. The van der Waals surface area contributed by atoms with E-state index in [9.17, 15) is 5.11 Å². The lowest BCUT2D eigenvalue weighted by molar-refractivity contribution is 0.181. The number of aliphatic hydroxyl groups is 1. The van der Waals surface area contributed by atoms with Crippen LogP contribution in [0.3, 0.4) is 0 Å². The Kier molecular flexibility index (Phi) is 4.43. The molecule has 0 spiro atoms. The Morgan fingerprint density at radius 1 is 1.26 bits per heavy atom. The second-order valence-electron chi connectivity index (χ2n) is 4.49. The highest BCUT2D eigenvalue weighted by Crippen LogP contribution is 2.25. The van der Waals surface area contributed by atoms with Crippen LogP contribution in [0.25, 0.3) is 10.8 Å². The lowest BCUT2D eigenvalue weighted by Gasteiger charge is -2.11. The van der Waals surface area contributed by atoms with Crippen molar-refractivity contribution in [1.82, 2.24) is 0 Å². The number of benzene rings is 2. The Morgan fingerprint density at radius 3 is 2.84 bits per heavy atom. The van der Waals surface area contributed by atoms with E-state index in [0.29, 0.717) is 12.8 Å². The largest absolute Gasteiger partial charge is 0.497 e. The zero-order valence-corrected chi connectivity index (χ0v) is 11.3. The van der Waals surface area contributed by atoms with Gasteiger partial charge in [0.2, 0.25) is 0 Å². The molecule has 0 heterocycles. The zero-order valence-electron chi connectivity index (χ0n) is 11.3. The molecule has 2 aromatic carbocycles. The van der Waals surface area contributed by atoms with Crippen LogP contribution in [-0.4, -0.2) is 18.3 Å². The van der Waals surface area contributed by atoms with Crippen LogP contribution < -0.4 is 4.74 Å². The molecule has 0 fully saturated rings. The van der Waals surface area contributed by atoms with Gasteiger partial charge in [-0.15, -0.1) is 11.8 Å². The summed E-state index contributed by atoms with van der Waals surface area (Å²) >= 11 is 0. The first-order valence-electron chi connectivity index (χ1n) is 6.38. The van der Waals surface area contributed by atoms with E-state index in [0.717, 1.165) is 22.1 Å². The zero-order chi connectivity index (χ0) is 13.7. The molecular weight excluding hydrogens is 236 g/mol. The Morgan fingerprint density at radius 2 is 2.11 bits per heavy atom. The minimum absolute atomic E-state index is 0.427. The van der Waals surface area contributed by atoms with E-state index in [2.05, 4.69) is 17.9 Å². The summed E-state index contributed by atoms with van der Waals surface area (Å²) in [5, 5.41) is 12.3. The van der Waals surface area contributed by atoms with Crippen LogP contribution in [0.4, 0.5) is 0 Å². The molecule has 0 aliphatic rings. The van der Waals surface area contributed by atoms with Gasteiger partial charge in [0.05, 0.1) is 13.2 Å². The van der Waals surface area contributed by atoms with Crippen molar-refractivity contribution >= 4 is 10.8 Å². The third kappa shape index (κ3) is 3.27. The average Bonchev–Trinajstić information content (AvgIpc) is 2.45. The third-order valence-corrected chi connectivity index (χ3v) is 3.15. The van der Waals surface area contributed by atoms with Crippen molar-refractivity contribution in [3.05, 3.63) is 42.0 Å². The maximum Gasteiger partial charge on any atom is 0.119 e. The fourth-order valence-electron chi connectivity index (χ4n) is 2.17. The predicted molar refractivity (Wildman–Crippen MR) is 78.3 cm³/mol. The van der Waals surface area contributed by atoms with Gasteiger partial charge in [-0.05, 0) is 41.8 Å². The van der Waals surface area contributed by atoms with E-state index in [1.165, 1.54) is 0 Å². The molecule has 1 atom stereocenters. The van der Waals surface area contributed by atoms with E-state index < -0.39 is 6.10 Å². The number of rotatable bonds is 4. The predicted octanol–water partition coefficient (Wildman–Crippen LogP) is 3.17. The van der Waals surface area contributed by atoms with E-state index in [4.69, 9.17) is 4.74 Å². The first kappa shape index (κ1) is 13.5. The van der Waals surface area contributed by atoms with Crippen LogP contribution >= 0.6 is 0 Å². The van der Waals surface area contributed by atoms with Gasteiger partial charge in [0, 0.05) is 6.42 Å². The van der Waals surface area contributed by atoms with E-state index in [1.54, 1.807) is 14.0 Å². The van der Waals surface area contributed by atoms with Crippen molar-refractivity contribution < 1.29 is 9.84 Å². The monoisotopic (exact) mass is 254 g/mol. The number of ether oxygens (including phenoxy) is 1. The molecule has 0 aromatic heterocycles. The van der Waals surface area contributed by atoms with E-state index in [1.807, 2.05) is 30.3 Å². The second-order valence-corrected chi connectivity index (χ2v) is 4.49. The molecule has 2 aromatic rings. The van der Waals surface area contributed by atoms with Gasteiger partial charge in [-0.25, -0.2) is 0 Å². The van der Waals surface area contributed by atoms with Gasteiger partial charge in [-0.1, -0.05) is 24.3 Å². The molecular formula is C17H18O2. The van der Waals surface area contributed by atoms with Crippen molar-refractivity contribution in [2.24, 2.45) is 0 Å². The summed E-state index contributed by atoms with van der Waals surface area (Å²) in [6.07, 6.45) is 0.694. The molecule has 1 N–H and O–H groups in total. The molecule has 2 nitrogen and oxygen atoms in total. The minimum atomic E-state index is -0.427. The summed E-state index contributed by atoms with van der Waals surface area (Å²) in [6, 6.07) is 12.1. The summed E-state index contributed by atoms with van der Waals surface area (Å²) in [6.45, 7) is 1.79. The topological polar surface area (TPSA) is 29.5 Å². The average molecular weight is 254 g/mol. The van der Waals surface area contributed by atoms with Crippen molar-refractivity contribution in [1.29, 1.82) is 0 Å². The van der Waals surface area contributed by atoms with Crippen LogP contribution in [0.15, 0.2) is 36.4 Å². The van der Waals surface area contributed by atoms with Crippen LogP contribution in [-0.2, 0) is 6.42 Å². The highest BCUT2D eigenvalue weighted by molar-refractivity contribution is 5.87. The number of hydrogen-bond donors (Lipinski definition) is 1. The molecule has 19 heavy (non-hydrogen) atoms. The van der Waals surface area contributed by atoms with Crippen LogP contribution in [0.2, 0.25) is 0 Å². The summed E-state index contributed by atoms with van der Waals surface area (Å²) in [4.78, 5) is 0. The van der Waals surface area contributed by atoms with Crippen molar-refractivity contribution in [3.8, 4) is 17.6 Å². The standard InChI is InChI=1S/C17H18O2/c1-3-4-8-15(18)11-14-7-5-6-13-9-10-16(19-2)12-17(13)14/h5-7,9-10,12,15,18H,8,11H2,1-2H3. The second kappa shape index (κ2) is 6.26. The molecule has 0 saturated carbocycles. The lowest BCUT2D eigenvalue weighted by atomic mass is 9.98. The number of methoxy groups -OCH3 is 1. The van der Waals surface area contributed by atoms with Gasteiger partial charge in [-0.2, -0.15) is 0 Å². The molecule has 0 saturated heterocycles. The number of hydrogen-bond acceptors (Lipinski definition) is 2. The van der Waals surface area contributed by atoms with E-state index >= 15 is 0 Å². The molecule has 0 bridgehead atoms. The van der Waals surface area contributed by atoms with Crippen molar-refractivity contribution in [2.45, 2.75) is 25.9 Å². The van der Waals surface area contributed by atoms with Gasteiger partial charge >= 0.3 is 0 Å². The van der Waals surface area contributed by atoms with Crippen LogP contribution in [0, 0.1) is 11.8 Å². The smallest absolute Gasteiger partial charge is 0.119 e. The van der Waals surface area contributed by atoms with Crippen LogP contribution in [0.5, 0.6) is 5.75 Å². The maximum absolute atomic E-state index is 9.99. The molecule has 0 aliphatic carbocycles. The Bertz CT molecular complexity index is 620. The summed E-state index contributed by atoms with van der Waals surface area (Å²) in [5.41, 5.74) is 1.13. The van der Waals surface area contributed by atoms with Gasteiger partial charge < -0.3 is 9.84 Å². The lowest BCUT2D eigenvalue weighted by Crippen LogP contribution is -2.09. The molecule has 0 aliphatic heterocycles. The number of fused-ring (bicyclic) bond motifs is 1. The first-order valence-corrected chi connectivity index (χ1v) is 6.38. The molecule has 2 rings (SSSR count). The molecule has 0 amide bonds. The molecule has 2 heteroatoms. The highest BCUT2D eigenvalue weighted by atomic mass is 16.5. The third-order valence-electron chi connectivity index (χ3n) is 3.15. The molecule has 0 radical (unpaired) electrons. The summed E-state index contributed by atoms with van der Waals surface area (Å²) in [7, 11) is 1.66. The van der Waals surface area contributed by atoms with Crippen molar-refractivity contribution in [2.75, 3.05) is 7.11 Å². The van der Waals surface area contributed by atoms with Gasteiger partial charge in [0.15, 0.2) is 0 Å². The summed E-state index contributed by atoms with van der Waals surface area (Å²) < 4.78 is 5.26. The Hall–Kier alpha value is -1.98. The van der Waals surface area contributed by atoms with Crippen molar-refractivity contribution in [3.63, 3.8) is 0 Å². The van der Waals surface area contributed by atoms with Gasteiger partial charge in [-0.3, -0.25) is 0 Å². The Labute approximate surface area is 114 Å². The number of aliphatic hydroxyl groups excluding tert-OH is 1. The van der Waals surface area contributed by atoms with Gasteiger partial charge in [0.1, 0.15) is 5.75 Å². The molecule has 1 unspecified atom stereocenters. The minimum Gasteiger partial charge on any atom is -0.497 e. The SMILES string of the molecule is CC#CCC(O)Cc1cccc2ccc(OC)cc12. The van der Waals surface area contributed by atoms with E-state index in [-0.39, 0.29) is 0 Å². The molecule has 98 valence electrons.